The smallest absolute Gasteiger partial charge is 0.273 e. The summed E-state index contributed by atoms with van der Waals surface area (Å²) in [5.74, 6) is 0.285. The highest BCUT2D eigenvalue weighted by atomic mass is 79.9. The number of benzene rings is 1. The second kappa shape index (κ2) is 7.00. The van der Waals surface area contributed by atoms with Crippen LogP contribution in [0.2, 0.25) is 0 Å². The third-order valence-corrected chi connectivity index (χ3v) is 4.35. The number of carbonyl (C=O) groups is 1. The second-order valence-corrected chi connectivity index (χ2v) is 6.23. The molecule has 6 nitrogen and oxygen atoms in total. The Balaban J connectivity index is 1.70. The summed E-state index contributed by atoms with van der Waals surface area (Å²) in [5.41, 5.74) is 3.21. The first-order valence-electron chi connectivity index (χ1n) is 7.60. The van der Waals surface area contributed by atoms with Gasteiger partial charge in [-0.25, -0.2) is 0 Å². The number of amides is 1. The maximum Gasteiger partial charge on any atom is 0.273 e. The third kappa shape index (κ3) is 3.41. The molecule has 0 aliphatic carbocycles. The van der Waals surface area contributed by atoms with Crippen LogP contribution >= 0.6 is 15.9 Å². The molecule has 0 spiro atoms. The van der Waals surface area contributed by atoms with E-state index in [1.807, 2.05) is 42.8 Å². The average molecular weight is 389 g/mol. The molecule has 0 bridgehead atoms. The van der Waals surface area contributed by atoms with Crippen molar-refractivity contribution in [3.8, 4) is 11.3 Å². The standard InChI is InChI=1S/C17H17BrN4O2/c1-3-22-15(13(18)9-20-22)10-19-17(23)14-8-16(24-21-14)12-6-4-11(2)5-7-12/h4-9H,3,10H2,1-2H3,(H,19,23). The summed E-state index contributed by atoms with van der Waals surface area (Å²) in [4.78, 5) is 12.3. The van der Waals surface area contributed by atoms with Crippen molar-refractivity contribution in [3.05, 3.63) is 58.0 Å². The van der Waals surface area contributed by atoms with Crippen LogP contribution in [0.25, 0.3) is 11.3 Å². The monoisotopic (exact) mass is 388 g/mol. The fourth-order valence-corrected chi connectivity index (χ4v) is 2.76. The van der Waals surface area contributed by atoms with Gasteiger partial charge < -0.3 is 9.84 Å². The van der Waals surface area contributed by atoms with Crippen LogP contribution in [0.15, 0.2) is 45.5 Å². The first-order valence-corrected chi connectivity index (χ1v) is 8.40. The van der Waals surface area contributed by atoms with E-state index in [9.17, 15) is 4.79 Å². The van der Waals surface area contributed by atoms with Gasteiger partial charge in [0, 0.05) is 18.2 Å². The van der Waals surface area contributed by atoms with Gasteiger partial charge in [0.1, 0.15) is 0 Å². The number of aromatic nitrogens is 3. The third-order valence-electron chi connectivity index (χ3n) is 3.69. The second-order valence-electron chi connectivity index (χ2n) is 5.38. The Morgan fingerprint density at radius 2 is 2.08 bits per heavy atom. The highest BCUT2D eigenvalue weighted by molar-refractivity contribution is 9.10. The zero-order valence-corrected chi connectivity index (χ0v) is 15.0. The van der Waals surface area contributed by atoms with Gasteiger partial charge in [0.05, 0.1) is 22.9 Å². The van der Waals surface area contributed by atoms with Gasteiger partial charge in [-0.15, -0.1) is 0 Å². The fraction of sp³-hybridized carbons (Fsp3) is 0.235. The number of halogens is 1. The summed E-state index contributed by atoms with van der Waals surface area (Å²) in [7, 11) is 0. The highest BCUT2D eigenvalue weighted by Gasteiger charge is 2.15. The van der Waals surface area contributed by atoms with E-state index in [-0.39, 0.29) is 11.6 Å². The zero-order chi connectivity index (χ0) is 17.1. The lowest BCUT2D eigenvalue weighted by molar-refractivity contribution is 0.0941. The summed E-state index contributed by atoms with van der Waals surface area (Å²) in [6.07, 6.45) is 1.72. The van der Waals surface area contributed by atoms with Crippen molar-refractivity contribution in [2.24, 2.45) is 0 Å². The zero-order valence-electron chi connectivity index (χ0n) is 13.4. The topological polar surface area (TPSA) is 73.0 Å². The Labute approximate surface area is 148 Å². The lowest BCUT2D eigenvalue weighted by Crippen LogP contribution is -2.24. The lowest BCUT2D eigenvalue weighted by Gasteiger charge is -2.06. The fourth-order valence-electron chi connectivity index (χ4n) is 2.33. The largest absolute Gasteiger partial charge is 0.355 e. The molecule has 0 fully saturated rings. The molecule has 3 aromatic rings. The molecule has 0 aliphatic rings. The molecular formula is C17H17BrN4O2. The van der Waals surface area contributed by atoms with Crippen molar-refractivity contribution in [2.75, 3.05) is 0 Å². The van der Waals surface area contributed by atoms with E-state index >= 15 is 0 Å². The molecule has 1 amide bonds. The van der Waals surface area contributed by atoms with Gasteiger partial charge in [-0.1, -0.05) is 35.0 Å². The molecule has 2 aromatic heterocycles. The molecule has 0 saturated heterocycles. The molecular weight excluding hydrogens is 372 g/mol. The molecule has 1 aromatic carbocycles. The molecule has 1 N–H and O–H groups in total. The van der Waals surface area contributed by atoms with Gasteiger partial charge in [-0.2, -0.15) is 5.10 Å². The number of nitrogens with one attached hydrogen (secondary N) is 1. The van der Waals surface area contributed by atoms with E-state index in [1.165, 1.54) is 0 Å². The van der Waals surface area contributed by atoms with Gasteiger partial charge in [0.25, 0.3) is 5.91 Å². The van der Waals surface area contributed by atoms with E-state index in [0.29, 0.717) is 12.3 Å². The van der Waals surface area contributed by atoms with Crippen molar-refractivity contribution < 1.29 is 9.32 Å². The minimum absolute atomic E-state index is 0.254. The van der Waals surface area contributed by atoms with Crippen molar-refractivity contribution in [2.45, 2.75) is 26.9 Å². The summed E-state index contributed by atoms with van der Waals surface area (Å²) in [5, 5.41) is 10.9. The van der Waals surface area contributed by atoms with E-state index < -0.39 is 0 Å². The van der Waals surface area contributed by atoms with E-state index in [4.69, 9.17) is 4.52 Å². The van der Waals surface area contributed by atoms with Gasteiger partial charge in [0.15, 0.2) is 11.5 Å². The van der Waals surface area contributed by atoms with Gasteiger partial charge in [-0.3, -0.25) is 9.48 Å². The van der Waals surface area contributed by atoms with Crippen molar-refractivity contribution in [3.63, 3.8) is 0 Å². The van der Waals surface area contributed by atoms with Crippen LogP contribution in [0.4, 0.5) is 0 Å². The first kappa shape index (κ1) is 16.4. The van der Waals surface area contributed by atoms with Crippen molar-refractivity contribution in [1.82, 2.24) is 20.3 Å². The quantitative estimate of drug-likeness (QED) is 0.724. The minimum Gasteiger partial charge on any atom is -0.355 e. The van der Waals surface area contributed by atoms with E-state index in [1.54, 1.807) is 12.3 Å². The van der Waals surface area contributed by atoms with Crippen LogP contribution in [0.1, 0.15) is 28.7 Å². The average Bonchev–Trinajstić information content (AvgIpc) is 3.20. The number of rotatable bonds is 5. The SMILES string of the molecule is CCn1ncc(Br)c1CNC(=O)c1cc(-c2ccc(C)cc2)on1. The summed E-state index contributed by atoms with van der Waals surface area (Å²) < 4.78 is 7.97. The number of hydrogen-bond donors (Lipinski definition) is 1. The summed E-state index contributed by atoms with van der Waals surface area (Å²) in [6.45, 7) is 5.11. The molecule has 0 unspecified atom stereocenters. The Morgan fingerprint density at radius 3 is 2.79 bits per heavy atom. The number of carbonyl (C=O) groups excluding carboxylic acids is 1. The van der Waals surface area contributed by atoms with Crippen LogP contribution in [0.5, 0.6) is 0 Å². The van der Waals surface area contributed by atoms with Gasteiger partial charge in [0.2, 0.25) is 0 Å². The van der Waals surface area contributed by atoms with Crippen LogP contribution in [0.3, 0.4) is 0 Å². The highest BCUT2D eigenvalue weighted by Crippen LogP contribution is 2.21. The minimum atomic E-state index is -0.284. The lowest BCUT2D eigenvalue weighted by atomic mass is 10.1. The predicted octanol–water partition coefficient (Wildman–Crippen LogP) is 3.56. The predicted molar refractivity (Wildman–Crippen MR) is 93.4 cm³/mol. The van der Waals surface area contributed by atoms with E-state index in [0.717, 1.165) is 27.8 Å². The van der Waals surface area contributed by atoms with Gasteiger partial charge in [-0.05, 0) is 29.8 Å². The Kier molecular flexibility index (Phi) is 4.80. The number of hydrogen-bond acceptors (Lipinski definition) is 4. The maximum atomic E-state index is 12.3. The molecule has 3 rings (SSSR count). The molecule has 2 heterocycles. The molecule has 0 atom stereocenters. The molecule has 7 heteroatoms. The van der Waals surface area contributed by atoms with E-state index in [2.05, 4.69) is 31.5 Å². The molecule has 0 aliphatic heterocycles. The maximum absolute atomic E-state index is 12.3. The molecule has 0 radical (unpaired) electrons. The molecule has 124 valence electrons. The Hall–Kier alpha value is -2.41. The number of nitrogens with zero attached hydrogens (tertiary/aromatic N) is 3. The number of aryl methyl sites for hydroxylation is 2. The van der Waals surface area contributed by atoms with Crippen LogP contribution < -0.4 is 5.32 Å². The molecule has 0 saturated carbocycles. The van der Waals surface area contributed by atoms with Crippen LogP contribution in [-0.2, 0) is 13.1 Å². The van der Waals surface area contributed by atoms with Crippen molar-refractivity contribution in [1.29, 1.82) is 0 Å². The van der Waals surface area contributed by atoms with Crippen molar-refractivity contribution >= 4 is 21.8 Å². The van der Waals surface area contributed by atoms with Gasteiger partial charge >= 0.3 is 0 Å². The first-order chi connectivity index (χ1) is 11.6. The Bertz CT molecular complexity index is 852. The molecule has 24 heavy (non-hydrogen) atoms. The van der Waals surface area contributed by atoms with Crippen LogP contribution in [0, 0.1) is 6.92 Å². The normalized spacial score (nSPS) is 10.8. The Morgan fingerprint density at radius 1 is 1.33 bits per heavy atom. The van der Waals surface area contributed by atoms with Crippen LogP contribution in [-0.4, -0.2) is 20.8 Å². The summed E-state index contributed by atoms with van der Waals surface area (Å²) in [6, 6.07) is 9.50. The summed E-state index contributed by atoms with van der Waals surface area (Å²) >= 11 is 3.44.